The first-order valence-corrected chi connectivity index (χ1v) is 14.2. The van der Waals surface area contributed by atoms with Crippen molar-refractivity contribution in [2.75, 3.05) is 41.0 Å². The Bertz CT molecular complexity index is 1350. The predicted molar refractivity (Wildman–Crippen MR) is 146 cm³/mol. The van der Waals surface area contributed by atoms with Crippen molar-refractivity contribution in [3.63, 3.8) is 0 Å². The summed E-state index contributed by atoms with van der Waals surface area (Å²) < 4.78 is 37.4. The number of likely N-dealkylation sites (tertiary alicyclic amines) is 1. The van der Waals surface area contributed by atoms with Gasteiger partial charge in [0.05, 0.1) is 18.5 Å². The third-order valence-corrected chi connectivity index (χ3v) is 8.83. The smallest absolute Gasteiger partial charge is 0.356 e. The van der Waals surface area contributed by atoms with Gasteiger partial charge in [-0.1, -0.05) is 6.42 Å². The molecule has 6 rings (SSSR count). The standard InChI is InChI=1S/C30H37FN4O5/c1-37-25-15-20(30(39-3)40-25)17-34-13-11-18(12-14-34)23-16-24(29(36)38-2)32-28-26(23)27(19-5-4-6-19)33-35(28)22-9-7-21(31)8-10-22/h7-10,16,18-20,25,30H,4-6,11-15,17H2,1-3H3. The number of benzene rings is 1. The fraction of sp³-hybridized carbons (Fsp3) is 0.567. The summed E-state index contributed by atoms with van der Waals surface area (Å²) in [5, 5.41) is 6.07. The summed E-state index contributed by atoms with van der Waals surface area (Å²) in [7, 11) is 4.72. The van der Waals surface area contributed by atoms with E-state index >= 15 is 0 Å². The molecule has 2 aromatic heterocycles. The van der Waals surface area contributed by atoms with Crippen molar-refractivity contribution in [3.8, 4) is 5.69 Å². The summed E-state index contributed by atoms with van der Waals surface area (Å²) in [5.74, 6) is 0.0747. The van der Waals surface area contributed by atoms with E-state index in [9.17, 15) is 9.18 Å². The molecule has 0 N–H and O–H groups in total. The third-order valence-electron chi connectivity index (χ3n) is 8.83. The zero-order valence-electron chi connectivity index (χ0n) is 23.3. The lowest BCUT2D eigenvalue weighted by Crippen LogP contribution is -2.39. The van der Waals surface area contributed by atoms with Gasteiger partial charge in [0, 0.05) is 44.4 Å². The lowest BCUT2D eigenvalue weighted by atomic mass is 9.79. The van der Waals surface area contributed by atoms with Gasteiger partial charge < -0.3 is 23.8 Å². The zero-order chi connectivity index (χ0) is 27.8. The van der Waals surface area contributed by atoms with Gasteiger partial charge in [0.1, 0.15) is 5.82 Å². The molecule has 9 nitrogen and oxygen atoms in total. The number of esters is 1. The first-order chi connectivity index (χ1) is 19.5. The Morgan fingerprint density at radius 3 is 2.42 bits per heavy atom. The van der Waals surface area contributed by atoms with Crippen LogP contribution in [0.25, 0.3) is 16.7 Å². The summed E-state index contributed by atoms with van der Waals surface area (Å²) >= 11 is 0. The molecule has 10 heteroatoms. The topological polar surface area (TPSA) is 87.9 Å². The number of rotatable bonds is 8. The Kier molecular flexibility index (Phi) is 7.85. The van der Waals surface area contributed by atoms with Crippen LogP contribution in [0.2, 0.25) is 0 Å². The number of fused-ring (bicyclic) bond motifs is 1. The third kappa shape index (κ3) is 5.13. The van der Waals surface area contributed by atoms with Gasteiger partial charge in [0.15, 0.2) is 23.9 Å². The Morgan fingerprint density at radius 1 is 1.05 bits per heavy atom. The first-order valence-electron chi connectivity index (χ1n) is 14.2. The van der Waals surface area contributed by atoms with Crippen molar-refractivity contribution in [3.05, 3.63) is 53.1 Å². The van der Waals surface area contributed by atoms with Gasteiger partial charge in [-0.2, -0.15) is 5.10 Å². The molecule has 3 aliphatic rings. The summed E-state index contributed by atoms with van der Waals surface area (Å²) in [4.78, 5) is 20.0. The highest BCUT2D eigenvalue weighted by molar-refractivity contribution is 5.93. The van der Waals surface area contributed by atoms with Crippen molar-refractivity contribution in [2.45, 2.75) is 62.9 Å². The number of piperidine rings is 1. The molecule has 1 aliphatic carbocycles. The maximum atomic E-state index is 13.7. The molecule has 0 radical (unpaired) electrons. The number of halogens is 1. The van der Waals surface area contributed by atoms with Crippen LogP contribution >= 0.6 is 0 Å². The molecule has 0 amide bonds. The van der Waals surface area contributed by atoms with E-state index in [1.807, 2.05) is 6.07 Å². The molecule has 0 spiro atoms. The molecule has 0 bridgehead atoms. The highest BCUT2D eigenvalue weighted by Crippen LogP contribution is 2.43. The molecule has 3 unspecified atom stereocenters. The van der Waals surface area contributed by atoms with Crippen LogP contribution in [0.1, 0.15) is 72.1 Å². The quantitative estimate of drug-likeness (QED) is 0.369. The summed E-state index contributed by atoms with van der Waals surface area (Å²) in [5.41, 5.74) is 3.76. The summed E-state index contributed by atoms with van der Waals surface area (Å²) in [6, 6.07) is 8.16. The van der Waals surface area contributed by atoms with Gasteiger partial charge in [0.25, 0.3) is 0 Å². The molecule has 2 saturated heterocycles. The lowest BCUT2D eigenvalue weighted by molar-refractivity contribution is -0.193. The largest absolute Gasteiger partial charge is 0.464 e. The fourth-order valence-electron chi connectivity index (χ4n) is 6.43. The van der Waals surface area contributed by atoms with E-state index in [1.165, 1.54) is 25.7 Å². The van der Waals surface area contributed by atoms with Gasteiger partial charge in [-0.15, -0.1) is 0 Å². The van der Waals surface area contributed by atoms with Crippen LogP contribution in [0.3, 0.4) is 0 Å². The fourth-order valence-corrected chi connectivity index (χ4v) is 6.43. The van der Waals surface area contributed by atoms with Crippen molar-refractivity contribution in [1.82, 2.24) is 19.7 Å². The summed E-state index contributed by atoms with van der Waals surface area (Å²) in [6.07, 6.45) is 5.57. The Hall–Kier alpha value is -2.92. The van der Waals surface area contributed by atoms with E-state index in [0.717, 1.165) is 68.4 Å². The number of pyridine rings is 1. The van der Waals surface area contributed by atoms with Crippen LogP contribution in [0.15, 0.2) is 30.3 Å². The monoisotopic (exact) mass is 552 g/mol. The second kappa shape index (κ2) is 11.5. The number of methoxy groups -OCH3 is 3. The second-order valence-corrected chi connectivity index (χ2v) is 11.2. The number of nitrogens with zero attached hydrogens (tertiary/aromatic N) is 4. The maximum absolute atomic E-state index is 13.7. The van der Waals surface area contributed by atoms with E-state index in [1.54, 1.807) is 31.0 Å². The molecule has 1 aromatic carbocycles. The Balaban J connectivity index is 1.33. The molecule has 4 heterocycles. The number of carbonyl (C=O) groups is 1. The molecular weight excluding hydrogens is 515 g/mol. The number of carbonyl (C=O) groups excluding carboxylic acids is 1. The van der Waals surface area contributed by atoms with Gasteiger partial charge >= 0.3 is 5.97 Å². The van der Waals surface area contributed by atoms with Crippen LogP contribution in [-0.4, -0.2) is 79.2 Å². The molecule has 40 heavy (non-hydrogen) atoms. The summed E-state index contributed by atoms with van der Waals surface area (Å²) in [6.45, 7) is 2.75. The normalized spacial score (nSPS) is 24.4. The first kappa shape index (κ1) is 27.3. The Labute approximate surface area is 233 Å². The van der Waals surface area contributed by atoms with Crippen molar-refractivity contribution in [2.24, 2.45) is 5.92 Å². The average Bonchev–Trinajstić information content (AvgIpc) is 3.53. The number of aromatic nitrogens is 3. The van der Waals surface area contributed by atoms with Crippen molar-refractivity contribution < 1.29 is 28.1 Å². The molecule has 3 aromatic rings. The van der Waals surface area contributed by atoms with Crippen LogP contribution in [0.4, 0.5) is 4.39 Å². The molecular formula is C30H37FN4O5. The molecule has 3 atom stereocenters. The molecule has 1 saturated carbocycles. The minimum absolute atomic E-state index is 0.225. The van der Waals surface area contributed by atoms with Crippen LogP contribution < -0.4 is 0 Å². The van der Waals surface area contributed by atoms with E-state index < -0.39 is 5.97 Å². The number of hydrogen-bond acceptors (Lipinski definition) is 8. The van der Waals surface area contributed by atoms with Gasteiger partial charge in [-0.25, -0.2) is 18.9 Å². The minimum Gasteiger partial charge on any atom is -0.464 e. The second-order valence-electron chi connectivity index (χ2n) is 11.2. The molecule has 2 aliphatic heterocycles. The number of hydrogen-bond donors (Lipinski definition) is 0. The van der Waals surface area contributed by atoms with Crippen molar-refractivity contribution >= 4 is 17.0 Å². The van der Waals surface area contributed by atoms with Gasteiger partial charge in [-0.3, -0.25) is 0 Å². The predicted octanol–water partition coefficient (Wildman–Crippen LogP) is 4.77. The molecule has 3 fully saturated rings. The highest BCUT2D eigenvalue weighted by Gasteiger charge is 2.38. The minimum atomic E-state index is -0.475. The van der Waals surface area contributed by atoms with E-state index in [-0.39, 0.29) is 35.9 Å². The Morgan fingerprint density at radius 2 is 1.80 bits per heavy atom. The maximum Gasteiger partial charge on any atom is 0.356 e. The van der Waals surface area contributed by atoms with Crippen LogP contribution in [0, 0.1) is 11.7 Å². The lowest BCUT2D eigenvalue weighted by Gasteiger charge is -2.34. The SMILES string of the molecule is COC(=O)c1cc(C2CCN(CC3CC(OC)OC3OC)CC2)c2c(C3CCC3)nn(-c3ccc(F)cc3)c2n1. The highest BCUT2D eigenvalue weighted by atomic mass is 19.1. The van der Waals surface area contributed by atoms with E-state index in [4.69, 9.17) is 29.0 Å². The number of ether oxygens (including phenoxy) is 4. The van der Waals surface area contributed by atoms with Gasteiger partial charge in [-0.05, 0) is 80.6 Å². The van der Waals surface area contributed by atoms with Gasteiger partial charge in [0.2, 0.25) is 0 Å². The van der Waals surface area contributed by atoms with Crippen LogP contribution in [0.5, 0.6) is 0 Å². The van der Waals surface area contributed by atoms with E-state index in [0.29, 0.717) is 17.3 Å². The average molecular weight is 553 g/mol. The van der Waals surface area contributed by atoms with E-state index in [2.05, 4.69) is 4.90 Å². The van der Waals surface area contributed by atoms with Crippen LogP contribution in [-0.2, 0) is 18.9 Å². The molecule has 214 valence electrons. The van der Waals surface area contributed by atoms with Crippen molar-refractivity contribution in [1.29, 1.82) is 0 Å². The zero-order valence-corrected chi connectivity index (χ0v) is 23.3.